The lowest BCUT2D eigenvalue weighted by molar-refractivity contribution is 1.08. The largest absolute Gasteiger partial charge is 0.187 e. The Morgan fingerprint density at radius 2 is 0.913 bits per heavy atom. The van der Waals surface area contributed by atoms with Gasteiger partial charge in [0.05, 0.1) is 11.4 Å². The second kappa shape index (κ2) is 8.45. The summed E-state index contributed by atoms with van der Waals surface area (Å²) < 4.78 is 0. The van der Waals surface area contributed by atoms with Crippen LogP contribution in [0.1, 0.15) is 49.9 Å². The average molecular weight is 306 g/mol. The van der Waals surface area contributed by atoms with E-state index in [1.54, 1.807) is 0 Å². The number of para-hydroxylation sites is 2. The molecule has 0 aliphatic heterocycles. The summed E-state index contributed by atoms with van der Waals surface area (Å²) in [6.45, 7) is 8.64. The third-order valence-electron chi connectivity index (χ3n) is 4.25. The molecule has 0 fully saturated rings. The van der Waals surface area contributed by atoms with Crippen LogP contribution in [0.4, 0.5) is 11.4 Å². The molecule has 0 amide bonds. The fourth-order valence-corrected chi connectivity index (χ4v) is 2.84. The summed E-state index contributed by atoms with van der Waals surface area (Å²) in [5, 5.41) is 0. The maximum Gasteiger partial charge on any atom is 0.101 e. The van der Waals surface area contributed by atoms with Gasteiger partial charge in [-0.25, -0.2) is 0 Å². The second-order valence-corrected chi connectivity index (χ2v) is 5.59. The van der Waals surface area contributed by atoms with E-state index in [1.165, 1.54) is 22.3 Å². The van der Waals surface area contributed by atoms with E-state index in [1.807, 2.05) is 0 Å². The van der Waals surface area contributed by atoms with Crippen LogP contribution < -0.4 is 0 Å². The van der Waals surface area contributed by atoms with Crippen molar-refractivity contribution in [2.24, 2.45) is 9.98 Å². The van der Waals surface area contributed by atoms with Crippen molar-refractivity contribution in [2.75, 3.05) is 0 Å². The van der Waals surface area contributed by atoms with Crippen molar-refractivity contribution in [3.63, 3.8) is 0 Å². The Labute approximate surface area is 140 Å². The first kappa shape index (κ1) is 17.2. The molecule has 2 nitrogen and oxygen atoms in total. The monoisotopic (exact) mass is 306 g/mol. The molecule has 0 bridgehead atoms. The number of nitrogens with zero attached hydrogens (tertiary/aromatic N) is 2. The van der Waals surface area contributed by atoms with E-state index >= 15 is 0 Å². The molecule has 0 saturated heterocycles. The molecule has 0 N–H and O–H groups in total. The van der Waals surface area contributed by atoms with E-state index in [2.05, 4.69) is 80.1 Å². The fraction of sp³-hybridized carbons (Fsp3) is 0.381. The third kappa shape index (κ3) is 3.97. The van der Waals surface area contributed by atoms with Crippen LogP contribution in [0.15, 0.2) is 46.4 Å². The molecule has 2 heteroatoms. The van der Waals surface area contributed by atoms with Crippen molar-refractivity contribution in [1.29, 1.82) is 0 Å². The quantitative estimate of drug-likeness (QED) is 0.578. The van der Waals surface area contributed by atoms with Crippen molar-refractivity contribution in [1.82, 2.24) is 0 Å². The van der Waals surface area contributed by atoms with Crippen LogP contribution >= 0.6 is 0 Å². The van der Waals surface area contributed by atoms with Gasteiger partial charge >= 0.3 is 0 Å². The maximum atomic E-state index is 4.58. The number of benzene rings is 2. The molecule has 0 radical (unpaired) electrons. The predicted octanol–water partition coefficient (Wildman–Crippen LogP) is 6.07. The standard InChI is InChI=1S/C21H26N2/c1-5-16-11-9-12-17(6-2)20(16)22-15-23-21-18(7-3)13-10-14-19(21)8-4/h9-14H,5-8H2,1-4H3. The van der Waals surface area contributed by atoms with Gasteiger partial charge < -0.3 is 0 Å². The first-order chi connectivity index (χ1) is 11.2. The Morgan fingerprint density at radius 1 is 0.609 bits per heavy atom. The van der Waals surface area contributed by atoms with Crippen LogP contribution in [0.2, 0.25) is 0 Å². The maximum absolute atomic E-state index is 4.58. The summed E-state index contributed by atoms with van der Waals surface area (Å²) in [5.41, 5.74) is 7.10. The van der Waals surface area contributed by atoms with Gasteiger partial charge in [-0.05, 0) is 47.9 Å². The molecule has 2 aromatic rings. The minimum Gasteiger partial charge on any atom is -0.187 e. The van der Waals surface area contributed by atoms with E-state index in [4.69, 9.17) is 0 Å². The number of aliphatic imine (C=N–C) groups is 2. The van der Waals surface area contributed by atoms with E-state index in [0.29, 0.717) is 0 Å². The molecule has 0 aromatic heterocycles. The van der Waals surface area contributed by atoms with Crippen LogP contribution in [-0.4, -0.2) is 6.01 Å². The Kier molecular flexibility index (Phi) is 6.31. The van der Waals surface area contributed by atoms with Crippen LogP contribution in [-0.2, 0) is 25.7 Å². The summed E-state index contributed by atoms with van der Waals surface area (Å²) in [6, 6.07) is 15.7. The van der Waals surface area contributed by atoms with Crippen LogP contribution in [0.25, 0.3) is 0 Å². The van der Waals surface area contributed by atoms with Gasteiger partial charge in [0.2, 0.25) is 0 Å². The molecule has 23 heavy (non-hydrogen) atoms. The first-order valence-corrected chi connectivity index (χ1v) is 8.63. The number of aryl methyl sites for hydroxylation is 4. The van der Waals surface area contributed by atoms with Crippen molar-refractivity contribution < 1.29 is 0 Å². The molecule has 0 aliphatic rings. The van der Waals surface area contributed by atoms with Crippen LogP contribution in [0.5, 0.6) is 0 Å². The highest BCUT2D eigenvalue weighted by Gasteiger charge is 2.05. The molecule has 120 valence electrons. The highest BCUT2D eigenvalue weighted by atomic mass is 14.8. The van der Waals surface area contributed by atoms with Gasteiger partial charge in [0.15, 0.2) is 0 Å². The lowest BCUT2D eigenvalue weighted by Gasteiger charge is -2.07. The SMILES string of the molecule is CCc1cccc(CC)c1N=C=Nc1c(CC)cccc1CC. The van der Waals surface area contributed by atoms with Gasteiger partial charge in [-0.3, -0.25) is 0 Å². The zero-order chi connectivity index (χ0) is 16.7. The van der Waals surface area contributed by atoms with Gasteiger partial charge in [0.1, 0.15) is 6.01 Å². The highest BCUT2D eigenvalue weighted by molar-refractivity contribution is 5.65. The predicted molar refractivity (Wildman–Crippen MR) is 99.6 cm³/mol. The van der Waals surface area contributed by atoms with Crippen LogP contribution in [0.3, 0.4) is 0 Å². The topological polar surface area (TPSA) is 24.7 Å². The summed E-state index contributed by atoms with van der Waals surface area (Å²) in [4.78, 5) is 9.15. The lowest BCUT2D eigenvalue weighted by Crippen LogP contribution is -1.89. The Bertz CT molecular complexity index is 619. The van der Waals surface area contributed by atoms with Gasteiger partial charge in [0.25, 0.3) is 0 Å². The molecule has 0 atom stereocenters. The Morgan fingerprint density at radius 3 is 1.17 bits per heavy atom. The Balaban J connectivity index is 2.47. The van der Waals surface area contributed by atoms with Gasteiger partial charge in [-0.2, -0.15) is 9.98 Å². The number of hydrogen-bond donors (Lipinski definition) is 0. The third-order valence-corrected chi connectivity index (χ3v) is 4.25. The van der Waals surface area contributed by atoms with E-state index in [9.17, 15) is 0 Å². The minimum atomic E-state index is 0.972. The summed E-state index contributed by atoms with van der Waals surface area (Å²) >= 11 is 0. The molecule has 2 rings (SSSR count). The summed E-state index contributed by atoms with van der Waals surface area (Å²) in [5.74, 6) is 0. The second-order valence-electron chi connectivity index (χ2n) is 5.59. The van der Waals surface area contributed by atoms with Crippen molar-refractivity contribution in [2.45, 2.75) is 53.4 Å². The molecular formula is C21H26N2. The normalized spacial score (nSPS) is 10.3. The van der Waals surface area contributed by atoms with Gasteiger partial charge in [-0.1, -0.05) is 64.1 Å². The summed E-state index contributed by atoms with van der Waals surface area (Å²) in [6.07, 6.45) is 3.89. The molecule has 0 heterocycles. The molecule has 0 aliphatic carbocycles. The minimum absolute atomic E-state index is 0.972. The van der Waals surface area contributed by atoms with Crippen molar-refractivity contribution in [3.05, 3.63) is 58.7 Å². The number of hydrogen-bond acceptors (Lipinski definition) is 2. The van der Waals surface area contributed by atoms with E-state index < -0.39 is 0 Å². The van der Waals surface area contributed by atoms with Crippen molar-refractivity contribution in [3.8, 4) is 0 Å². The molecule has 0 saturated carbocycles. The van der Waals surface area contributed by atoms with Gasteiger partial charge in [0, 0.05) is 0 Å². The molecule has 0 spiro atoms. The van der Waals surface area contributed by atoms with Crippen LogP contribution in [0, 0.1) is 0 Å². The summed E-state index contributed by atoms with van der Waals surface area (Å²) in [7, 11) is 0. The average Bonchev–Trinajstić information content (AvgIpc) is 2.61. The smallest absolute Gasteiger partial charge is 0.101 e. The zero-order valence-electron chi connectivity index (χ0n) is 14.7. The Hall–Kier alpha value is -2.18. The zero-order valence-corrected chi connectivity index (χ0v) is 14.7. The molecule has 0 unspecified atom stereocenters. The first-order valence-electron chi connectivity index (χ1n) is 8.63. The number of rotatable bonds is 6. The van der Waals surface area contributed by atoms with Crippen molar-refractivity contribution >= 4 is 17.4 Å². The van der Waals surface area contributed by atoms with E-state index in [0.717, 1.165) is 37.1 Å². The fourth-order valence-electron chi connectivity index (χ4n) is 2.84. The van der Waals surface area contributed by atoms with E-state index in [-0.39, 0.29) is 0 Å². The lowest BCUT2D eigenvalue weighted by atomic mass is 10.0. The highest BCUT2D eigenvalue weighted by Crippen LogP contribution is 2.27. The molecule has 2 aromatic carbocycles. The van der Waals surface area contributed by atoms with Gasteiger partial charge in [-0.15, -0.1) is 0 Å². The molecular weight excluding hydrogens is 280 g/mol.